The third-order valence-electron chi connectivity index (χ3n) is 1.57. The smallest absolute Gasteiger partial charge is 0.319 e. The molecule has 4 nitrogen and oxygen atoms in total. The molecule has 0 unspecified atom stereocenters. The average Bonchev–Trinajstić information content (AvgIpc) is 2.17. The summed E-state index contributed by atoms with van der Waals surface area (Å²) in [4.78, 5) is 10.9. The van der Waals surface area contributed by atoms with Crippen molar-refractivity contribution in [2.45, 2.75) is 13.3 Å². The van der Waals surface area contributed by atoms with Gasteiger partial charge in [0.1, 0.15) is 0 Å². The van der Waals surface area contributed by atoms with Gasteiger partial charge in [-0.1, -0.05) is 6.08 Å². The van der Waals surface area contributed by atoms with Crippen LogP contribution >= 0.6 is 0 Å². The van der Waals surface area contributed by atoms with Crippen molar-refractivity contribution in [2.24, 2.45) is 0 Å². The fourth-order valence-electron chi connectivity index (χ4n) is 0.945. The van der Waals surface area contributed by atoms with Gasteiger partial charge in [-0.15, -0.1) is 6.58 Å². The maximum Gasteiger partial charge on any atom is 0.319 e. The van der Waals surface area contributed by atoms with Gasteiger partial charge < -0.3 is 15.4 Å². The molecule has 0 fully saturated rings. The van der Waals surface area contributed by atoms with Gasteiger partial charge in [0.2, 0.25) is 0 Å². The summed E-state index contributed by atoms with van der Waals surface area (Å²) in [6, 6.07) is 0. The molecule has 0 amide bonds. The standard InChI is InChI=1S/C10H20N2O2/c1-3-6-11-7-5-8-12-9-10(13)14-4-2/h3,11-12H,1,4-9H2,2H3. The number of rotatable bonds is 9. The summed E-state index contributed by atoms with van der Waals surface area (Å²) in [5.74, 6) is -0.188. The molecule has 0 atom stereocenters. The molecule has 0 aromatic carbocycles. The first-order valence-electron chi connectivity index (χ1n) is 4.99. The van der Waals surface area contributed by atoms with E-state index in [0.717, 1.165) is 26.1 Å². The number of ether oxygens (including phenoxy) is 1. The van der Waals surface area contributed by atoms with Crippen molar-refractivity contribution in [3.05, 3.63) is 12.7 Å². The van der Waals surface area contributed by atoms with Crippen LogP contribution in [0.4, 0.5) is 0 Å². The highest BCUT2D eigenvalue weighted by Gasteiger charge is 1.98. The molecule has 0 aromatic heterocycles. The number of nitrogens with one attached hydrogen (secondary N) is 2. The van der Waals surface area contributed by atoms with Crippen LogP contribution in [-0.4, -0.2) is 38.8 Å². The summed E-state index contributed by atoms with van der Waals surface area (Å²) in [6.07, 6.45) is 2.82. The minimum absolute atomic E-state index is 0.188. The highest BCUT2D eigenvalue weighted by molar-refractivity contribution is 5.71. The van der Waals surface area contributed by atoms with Crippen LogP contribution in [0.3, 0.4) is 0 Å². The Bertz CT molecular complexity index is 160. The molecule has 0 heterocycles. The first-order chi connectivity index (χ1) is 6.81. The Kier molecular flexibility index (Phi) is 9.58. The first kappa shape index (κ1) is 13.1. The molecule has 0 spiro atoms. The molecular weight excluding hydrogens is 180 g/mol. The largest absolute Gasteiger partial charge is 0.465 e. The first-order valence-corrected chi connectivity index (χ1v) is 4.99. The predicted molar refractivity (Wildman–Crippen MR) is 57.2 cm³/mol. The van der Waals surface area contributed by atoms with Crippen LogP contribution in [0.25, 0.3) is 0 Å². The zero-order chi connectivity index (χ0) is 10.6. The maximum absolute atomic E-state index is 10.9. The third kappa shape index (κ3) is 9.22. The normalized spacial score (nSPS) is 9.79. The van der Waals surface area contributed by atoms with E-state index in [1.165, 1.54) is 0 Å². The van der Waals surface area contributed by atoms with Gasteiger partial charge in [-0.2, -0.15) is 0 Å². The zero-order valence-electron chi connectivity index (χ0n) is 8.84. The van der Waals surface area contributed by atoms with Crippen LogP contribution in [0, 0.1) is 0 Å². The van der Waals surface area contributed by atoms with Gasteiger partial charge in [-0.3, -0.25) is 4.79 Å². The Labute approximate surface area is 85.7 Å². The van der Waals surface area contributed by atoms with E-state index in [1.54, 1.807) is 6.92 Å². The van der Waals surface area contributed by atoms with Crippen LogP contribution in [0.5, 0.6) is 0 Å². The van der Waals surface area contributed by atoms with Gasteiger partial charge in [0.05, 0.1) is 13.2 Å². The van der Waals surface area contributed by atoms with Gasteiger partial charge in [-0.05, 0) is 26.4 Å². The fraction of sp³-hybridized carbons (Fsp3) is 0.700. The summed E-state index contributed by atoms with van der Waals surface area (Å²) in [5.41, 5.74) is 0. The van der Waals surface area contributed by atoms with Gasteiger partial charge in [-0.25, -0.2) is 0 Å². The molecule has 2 N–H and O–H groups in total. The topological polar surface area (TPSA) is 50.4 Å². The number of esters is 1. The molecule has 0 saturated heterocycles. The molecule has 4 heteroatoms. The van der Waals surface area contributed by atoms with Gasteiger partial charge in [0.15, 0.2) is 0 Å². The van der Waals surface area contributed by atoms with Gasteiger partial charge in [0, 0.05) is 6.54 Å². The second-order valence-electron chi connectivity index (χ2n) is 2.83. The number of hydrogen-bond donors (Lipinski definition) is 2. The highest BCUT2D eigenvalue weighted by atomic mass is 16.5. The molecule has 0 aliphatic rings. The maximum atomic E-state index is 10.9. The number of hydrogen-bond acceptors (Lipinski definition) is 4. The van der Waals surface area contributed by atoms with Crippen molar-refractivity contribution >= 4 is 5.97 Å². The fourth-order valence-corrected chi connectivity index (χ4v) is 0.945. The van der Waals surface area contributed by atoms with E-state index in [1.807, 2.05) is 6.08 Å². The van der Waals surface area contributed by atoms with Crippen LogP contribution in [-0.2, 0) is 9.53 Å². The van der Waals surface area contributed by atoms with E-state index < -0.39 is 0 Å². The molecule has 0 saturated carbocycles. The van der Waals surface area contributed by atoms with Crippen LogP contribution in [0.15, 0.2) is 12.7 Å². The summed E-state index contributed by atoms with van der Waals surface area (Å²) in [6.45, 7) is 8.73. The molecule has 0 rings (SSSR count). The monoisotopic (exact) mass is 200 g/mol. The molecular formula is C10H20N2O2. The Morgan fingerprint density at radius 3 is 2.79 bits per heavy atom. The predicted octanol–water partition coefficient (Wildman–Crippen LogP) is 0.305. The Morgan fingerprint density at radius 1 is 1.43 bits per heavy atom. The van der Waals surface area contributed by atoms with Crippen LogP contribution in [0.2, 0.25) is 0 Å². The lowest BCUT2D eigenvalue weighted by molar-refractivity contribution is -0.141. The minimum atomic E-state index is -0.188. The van der Waals surface area contributed by atoms with Gasteiger partial charge in [0.25, 0.3) is 0 Å². The molecule has 0 aromatic rings. The molecule has 82 valence electrons. The number of carbonyl (C=O) groups is 1. The second-order valence-corrected chi connectivity index (χ2v) is 2.83. The van der Waals surface area contributed by atoms with Crippen molar-refractivity contribution in [1.29, 1.82) is 0 Å². The van der Waals surface area contributed by atoms with Crippen molar-refractivity contribution in [2.75, 3.05) is 32.8 Å². The minimum Gasteiger partial charge on any atom is -0.465 e. The Hall–Kier alpha value is -0.870. The van der Waals surface area contributed by atoms with E-state index in [-0.39, 0.29) is 5.97 Å². The van der Waals surface area contributed by atoms with E-state index in [0.29, 0.717) is 13.2 Å². The summed E-state index contributed by atoms with van der Waals surface area (Å²) in [7, 11) is 0. The second kappa shape index (κ2) is 10.2. The number of carbonyl (C=O) groups excluding carboxylic acids is 1. The van der Waals surface area contributed by atoms with E-state index in [4.69, 9.17) is 4.74 Å². The average molecular weight is 200 g/mol. The molecule has 14 heavy (non-hydrogen) atoms. The third-order valence-corrected chi connectivity index (χ3v) is 1.57. The molecule has 0 aliphatic carbocycles. The van der Waals surface area contributed by atoms with Crippen LogP contribution < -0.4 is 10.6 Å². The van der Waals surface area contributed by atoms with Crippen molar-refractivity contribution < 1.29 is 9.53 Å². The van der Waals surface area contributed by atoms with E-state index >= 15 is 0 Å². The Balaban J connectivity index is 3.05. The highest BCUT2D eigenvalue weighted by Crippen LogP contribution is 1.77. The van der Waals surface area contributed by atoms with Crippen LogP contribution in [0.1, 0.15) is 13.3 Å². The summed E-state index contributed by atoms with van der Waals surface area (Å²) < 4.78 is 4.76. The van der Waals surface area contributed by atoms with E-state index in [9.17, 15) is 4.79 Å². The Morgan fingerprint density at radius 2 is 2.14 bits per heavy atom. The molecule has 0 radical (unpaired) electrons. The quantitative estimate of drug-likeness (QED) is 0.319. The van der Waals surface area contributed by atoms with Crippen molar-refractivity contribution in [1.82, 2.24) is 10.6 Å². The molecule has 0 bridgehead atoms. The van der Waals surface area contributed by atoms with Crippen molar-refractivity contribution in [3.63, 3.8) is 0 Å². The lowest BCUT2D eigenvalue weighted by Gasteiger charge is -2.04. The lowest BCUT2D eigenvalue weighted by atomic mass is 10.4. The van der Waals surface area contributed by atoms with Gasteiger partial charge >= 0.3 is 5.97 Å². The summed E-state index contributed by atoms with van der Waals surface area (Å²) in [5, 5.41) is 6.18. The summed E-state index contributed by atoms with van der Waals surface area (Å²) >= 11 is 0. The zero-order valence-corrected chi connectivity index (χ0v) is 8.84. The molecule has 0 aliphatic heterocycles. The SMILES string of the molecule is C=CCNCCCNCC(=O)OCC. The van der Waals surface area contributed by atoms with Crippen molar-refractivity contribution in [3.8, 4) is 0 Å². The van der Waals surface area contributed by atoms with E-state index in [2.05, 4.69) is 17.2 Å². The lowest BCUT2D eigenvalue weighted by Crippen LogP contribution is -2.27.